The Labute approximate surface area is 247 Å². The van der Waals surface area contributed by atoms with Crippen molar-refractivity contribution >= 4 is 30.2 Å². The zero-order chi connectivity index (χ0) is 28.5. The molecule has 2 aromatic rings. The van der Waals surface area contributed by atoms with E-state index >= 15 is 0 Å². The molecule has 1 spiro atoms. The van der Waals surface area contributed by atoms with Gasteiger partial charge in [-0.25, -0.2) is 9.59 Å². The predicted octanol–water partition coefficient (Wildman–Crippen LogP) is 1.81. The van der Waals surface area contributed by atoms with Crippen LogP contribution in [0.5, 0.6) is 0 Å². The number of likely N-dealkylation sites (tertiary alicyclic amines) is 1. The van der Waals surface area contributed by atoms with Crippen LogP contribution in [0.3, 0.4) is 0 Å². The van der Waals surface area contributed by atoms with Gasteiger partial charge in [0.05, 0.1) is 11.2 Å². The quantitative estimate of drug-likeness (QED) is 0.468. The molecule has 1 aromatic heterocycles. The summed E-state index contributed by atoms with van der Waals surface area (Å²) in [6.07, 6.45) is 7.48. The first kappa shape index (κ1) is 31.0. The molecular weight excluding hydrogens is 544 g/mol. The van der Waals surface area contributed by atoms with Gasteiger partial charge in [-0.05, 0) is 88.2 Å². The van der Waals surface area contributed by atoms with E-state index in [4.69, 9.17) is 11.5 Å². The summed E-state index contributed by atoms with van der Waals surface area (Å²) in [7, 11) is 0. The standard InChI is InChI=1S/C29H42N8O3.ClH/c1-28(2,31)25(38)35-17-19-36(20-18-35)26(39)32-24-9-14-37(27(40)33-24)22-5-3-21(4-6-22)8-13-34-15-11-29(12-16-34)10-7-23(29)30;/h3-6,9,14,23H,7-8,10-13,15-20,30-31H2,1-2H3,(H,32,33,39,40);1H. The molecule has 3 aliphatic rings. The van der Waals surface area contributed by atoms with Crippen LogP contribution in [0.1, 0.15) is 45.1 Å². The topological polar surface area (TPSA) is 143 Å². The fourth-order valence-corrected chi connectivity index (χ4v) is 6.05. The van der Waals surface area contributed by atoms with Crippen LogP contribution in [0.4, 0.5) is 10.6 Å². The number of halogens is 1. The summed E-state index contributed by atoms with van der Waals surface area (Å²) >= 11 is 0. The maximum atomic E-state index is 12.7. The molecule has 11 nitrogen and oxygen atoms in total. The van der Waals surface area contributed by atoms with Crippen molar-refractivity contribution in [2.45, 2.75) is 57.5 Å². The second-order valence-corrected chi connectivity index (χ2v) is 12.2. The Morgan fingerprint density at radius 2 is 1.63 bits per heavy atom. The van der Waals surface area contributed by atoms with Gasteiger partial charge in [-0.3, -0.25) is 14.7 Å². The van der Waals surface area contributed by atoms with E-state index in [1.165, 1.54) is 35.8 Å². The van der Waals surface area contributed by atoms with Crippen molar-refractivity contribution in [2.75, 3.05) is 51.1 Å². The van der Waals surface area contributed by atoms with Gasteiger partial charge in [0.1, 0.15) is 5.82 Å². The number of nitrogens with zero attached hydrogens (tertiary/aromatic N) is 5. The largest absolute Gasteiger partial charge is 0.354 e. The second-order valence-electron chi connectivity index (χ2n) is 12.2. The Kier molecular flexibility index (Phi) is 9.42. The summed E-state index contributed by atoms with van der Waals surface area (Å²) in [6, 6.07) is 9.63. The van der Waals surface area contributed by atoms with E-state index in [0.717, 1.165) is 31.7 Å². The molecule has 0 bridgehead atoms. The van der Waals surface area contributed by atoms with E-state index in [2.05, 4.69) is 27.3 Å². The lowest BCUT2D eigenvalue weighted by atomic mass is 9.60. The number of nitrogens with one attached hydrogen (secondary N) is 1. The zero-order valence-corrected chi connectivity index (χ0v) is 24.9. The van der Waals surface area contributed by atoms with Gasteiger partial charge in [0.2, 0.25) is 5.91 Å². The number of hydrogen-bond acceptors (Lipinski definition) is 7. The number of carbonyl (C=O) groups excluding carboxylic acids is 2. The summed E-state index contributed by atoms with van der Waals surface area (Å²) in [4.78, 5) is 47.7. The average molecular weight is 587 g/mol. The molecule has 1 atom stereocenters. The number of rotatable bonds is 6. The van der Waals surface area contributed by atoms with Crippen LogP contribution in [0.25, 0.3) is 5.69 Å². The van der Waals surface area contributed by atoms with Crippen molar-refractivity contribution in [1.29, 1.82) is 0 Å². The molecular formula is C29H43ClN8O3. The predicted molar refractivity (Wildman–Crippen MR) is 162 cm³/mol. The van der Waals surface area contributed by atoms with Gasteiger partial charge in [0.15, 0.2) is 0 Å². The van der Waals surface area contributed by atoms with E-state index < -0.39 is 11.2 Å². The van der Waals surface area contributed by atoms with Crippen LogP contribution in [0, 0.1) is 5.41 Å². The van der Waals surface area contributed by atoms with Gasteiger partial charge in [-0.2, -0.15) is 4.98 Å². The molecule has 3 heterocycles. The first-order chi connectivity index (χ1) is 19.0. The number of nitrogens with two attached hydrogens (primary N) is 2. The monoisotopic (exact) mass is 586 g/mol. The number of amides is 3. The lowest BCUT2D eigenvalue weighted by molar-refractivity contribution is -0.137. The highest BCUT2D eigenvalue weighted by Gasteiger charge is 2.45. The molecule has 5 rings (SSSR count). The van der Waals surface area contributed by atoms with E-state index in [1.807, 2.05) is 12.1 Å². The van der Waals surface area contributed by atoms with Crippen LogP contribution in [-0.4, -0.2) is 93.6 Å². The Morgan fingerprint density at radius 1 is 1.00 bits per heavy atom. The van der Waals surface area contributed by atoms with Gasteiger partial charge in [-0.1, -0.05) is 12.1 Å². The number of piperazine rings is 1. The lowest BCUT2D eigenvalue weighted by Crippen LogP contribution is -2.58. The Morgan fingerprint density at radius 3 is 2.17 bits per heavy atom. The van der Waals surface area contributed by atoms with Crippen molar-refractivity contribution in [3.05, 3.63) is 52.6 Å². The summed E-state index contributed by atoms with van der Waals surface area (Å²) in [5.41, 5.74) is 13.1. The minimum atomic E-state index is -0.944. The average Bonchev–Trinajstić information content (AvgIpc) is 2.95. The van der Waals surface area contributed by atoms with Crippen molar-refractivity contribution < 1.29 is 9.59 Å². The van der Waals surface area contributed by atoms with Gasteiger partial charge in [0, 0.05) is 45.0 Å². The molecule has 0 radical (unpaired) electrons. The SMILES string of the molecule is CC(C)(N)C(=O)N1CCN(C(=O)Nc2ccn(-c3ccc(CCN4CCC5(CCC5N)CC4)cc3)c(=O)n2)CC1.Cl. The molecule has 3 amide bonds. The minimum absolute atomic E-state index is 0. The summed E-state index contributed by atoms with van der Waals surface area (Å²) in [6.45, 7) is 8.19. The van der Waals surface area contributed by atoms with Gasteiger partial charge in [-0.15, -0.1) is 12.4 Å². The molecule has 1 unspecified atom stereocenters. The number of hydrogen-bond donors (Lipinski definition) is 3. The molecule has 1 saturated carbocycles. The summed E-state index contributed by atoms with van der Waals surface area (Å²) < 4.78 is 1.46. The Hall–Kier alpha value is -2.99. The molecule has 1 aliphatic carbocycles. The highest BCUT2D eigenvalue weighted by Crippen LogP contribution is 2.47. The number of urea groups is 1. The molecule has 12 heteroatoms. The summed E-state index contributed by atoms with van der Waals surface area (Å²) in [5.74, 6) is 0.0517. The van der Waals surface area contributed by atoms with Gasteiger partial charge >= 0.3 is 11.7 Å². The first-order valence-corrected chi connectivity index (χ1v) is 14.4. The summed E-state index contributed by atoms with van der Waals surface area (Å²) in [5, 5.41) is 2.70. The maximum Gasteiger partial charge on any atom is 0.354 e. The van der Waals surface area contributed by atoms with E-state index in [9.17, 15) is 14.4 Å². The van der Waals surface area contributed by atoms with Crippen LogP contribution in [0.2, 0.25) is 0 Å². The Bertz CT molecular complexity index is 1280. The molecule has 1 aromatic carbocycles. The van der Waals surface area contributed by atoms with Crippen LogP contribution >= 0.6 is 12.4 Å². The number of anilines is 1. The highest BCUT2D eigenvalue weighted by atomic mass is 35.5. The third-order valence-electron chi connectivity index (χ3n) is 8.97. The number of carbonyl (C=O) groups is 2. The maximum absolute atomic E-state index is 12.7. The fraction of sp³-hybridized carbons (Fsp3) is 0.586. The van der Waals surface area contributed by atoms with Crippen molar-refractivity contribution in [1.82, 2.24) is 24.3 Å². The van der Waals surface area contributed by atoms with Crippen LogP contribution in [0.15, 0.2) is 41.3 Å². The normalized spacial score (nSPS) is 20.7. The van der Waals surface area contributed by atoms with Gasteiger partial charge in [0.25, 0.3) is 0 Å². The second kappa shape index (κ2) is 12.5. The Balaban J connectivity index is 0.00000387. The molecule has 2 saturated heterocycles. The minimum Gasteiger partial charge on any atom is -0.338 e. The number of aromatic nitrogens is 2. The van der Waals surface area contributed by atoms with Crippen molar-refractivity contribution in [3.8, 4) is 5.69 Å². The van der Waals surface area contributed by atoms with Crippen molar-refractivity contribution in [2.24, 2.45) is 16.9 Å². The molecule has 224 valence electrons. The van der Waals surface area contributed by atoms with Crippen molar-refractivity contribution in [3.63, 3.8) is 0 Å². The molecule has 2 aliphatic heterocycles. The third-order valence-corrected chi connectivity index (χ3v) is 8.97. The lowest BCUT2D eigenvalue weighted by Gasteiger charge is -2.52. The molecule has 5 N–H and O–H groups in total. The van der Waals surface area contributed by atoms with E-state index in [0.29, 0.717) is 37.6 Å². The van der Waals surface area contributed by atoms with Gasteiger partial charge < -0.3 is 26.2 Å². The van der Waals surface area contributed by atoms with Crippen LogP contribution < -0.4 is 22.5 Å². The first-order valence-electron chi connectivity index (χ1n) is 14.4. The molecule has 41 heavy (non-hydrogen) atoms. The zero-order valence-electron chi connectivity index (χ0n) is 24.1. The third kappa shape index (κ3) is 6.91. The smallest absolute Gasteiger partial charge is 0.338 e. The van der Waals surface area contributed by atoms with Crippen LogP contribution in [-0.2, 0) is 11.2 Å². The fourth-order valence-electron chi connectivity index (χ4n) is 6.05. The number of piperidine rings is 1. The highest BCUT2D eigenvalue weighted by molar-refractivity contribution is 5.89. The molecule has 3 fully saturated rings. The van der Waals surface area contributed by atoms with E-state index in [-0.39, 0.29) is 30.2 Å². The van der Waals surface area contributed by atoms with E-state index in [1.54, 1.807) is 35.9 Å². The number of benzene rings is 1.